The lowest BCUT2D eigenvalue weighted by molar-refractivity contribution is -0.143. The largest absolute Gasteiger partial charge is 0.350 e. The molecule has 0 unspecified atom stereocenters. The van der Waals surface area contributed by atoms with Crippen LogP contribution in [0, 0.1) is 5.92 Å². The Kier molecular flexibility index (Phi) is 6.75. The highest BCUT2D eigenvalue weighted by Gasteiger charge is 2.27. The van der Waals surface area contributed by atoms with Crippen LogP contribution in [0.5, 0.6) is 0 Å². The van der Waals surface area contributed by atoms with Gasteiger partial charge in [-0.3, -0.25) is 9.59 Å². The molecular weight excluding hydrogens is 312 g/mol. The molecule has 25 heavy (non-hydrogen) atoms. The number of nitrogens with one attached hydrogen (secondary N) is 1. The van der Waals surface area contributed by atoms with E-state index in [1.54, 1.807) is 11.8 Å². The molecule has 132 valence electrons. The Labute approximate surface area is 149 Å². The number of hydrogen-bond donors (Lipinski definition) is 1. The van der Waals surface area contributed by atoms with E-state index < -0.39 is 6.04 Å². The van der Waals surface area contributed by atoms with Crippen molar-refractivity contribution in [3.63, 3.8) is 0 Å². The Morgan fingerprint density at radius 2 is 1.40 bits per heavy atom. The first-order valence-electron chi connectivity index (χ1n) is 8.65. The van der Waals surface area contributed by atoms with Crippen molar-refractivity contribution in [3.8, 4) is 0 Å². The lowest BCUT2D eigenvalue weighted by atomic mass is 10.1. The molecule has 1 atom stereocenters. The summed E-state index contributed by atoms with van der Waals surface area (Å²) in [6.45, 7) is 6.38. The number of carbonyl (C=O) groups excluding carboxylic acids is 2. The highest BCUT2D eigenvalue weighted by molar-refractivity contribution is 5.88. The van der Waals surface area contributed by atoms with E-state index in [1.165, 1.54) is 0 Å². The van der Waals surface area contributed by atoms with Crippen LogP contribution in [-0.4, -0.2) is 22.8 Å². The SMILES string of the molecule is CC(C)C(=O)N(Cc1ccccc1)[C@@H](C)C(=O)NCc1ccccc1. The topological polar surface area (TPSA) is 49.4 Å². The van der Waals surface area contributed by atoms with Crippen LogP contribution in [0.2, 0.25) is 0 Å². The molecule has 0 radical (unpaired) electrons. The summed E-state index contributed by atoms with van der Waals surface area (Å²) in [5.41, 5.74) is 2.05. The highest BCUT2D eigenvalue weighted by atomic mass is 16.2. The molecule has 0 spiro atoms. The maximum atomic E-state index is 12.6. The van der Waals surface area contributed by atoms with Gasteiger partial charge in [0.25, 0.3) is 0 Å². The molecule has 2 aromatic carbocycles. The van der Waals surface area contributed by atoms with Crippen molar-refractivity contribution < 1.29 is 9.59 Å². The summed E-state index contributed by atoms with van der Waals surface area (Å²) >= 11 is 0. The van der Waals surface area contributed by atoms with E-state index >= 15 is 0 Å². The molecule has 0 aliphatic heterocycles. The van der Waals surface area contributed by atoms with Gasteiger partial charge in [0.15, 0.2) is 0 Å². The van der Waals surface area contributed by atoms with Gasteiger partial charge < -0.3 is 10.2 Å². The minimum atomic E-state index is -0.529. The molecule has 4 nitrogen and oxygen atoms in total. The maximum Gasteiger partial charge on any atom is 0.242 e. The van der Waals surface area contributed by atoms with Gasteiger partial charge in [-0.2, -0.15) is 0 Å². The zero-order chi connectivity index (χ0) is 18.2. The second kappa shape index (κ2) is 9.02. The Morgan fingerprint density at radius 3 is 1.92 bits per heavy atom. The third-order valence-electron chi connectivity index (χ3n) is 4.13. The molecule has 2 amide bonds. The molecule has 1 N–H and O–H groups in total. The fraction of sp³-hybridized carbons (Fsp3) is 0.333. The third kappa shape index (κ3) is 5.45. The number of nitrogens with zero attached hydrogens (tertiary/aromatic N) is 1. The van der Waals surface area contributed by atoms with E-state index in [0.717, 1.165) is 11.1 Å². The molecule has 0 bridgehead atoms. The fourth-order valence-electron chi connectivity index (χ4n) is 2.59. The van der Waals surface area contributed by atoms with Crippen LogP contribution in [0.25, 0.3) is 0 Å². The van der Waals surface area contributed by atoms with Gasteiger partial charge in [0.2, 0.25) is 11.8 Å². The predicted octanol–water partition coefficient (Wildman–Crippen LogP) is 3.38. The van der Waals surface area contributed by atoms with Crippen molar-refractivity contribution >= 4 is 11.8 Å². The first-order valence-corrected chi connectivity index (χ1v) is 8.65. The van der Waals surface area contributed by atoms with Crippen LogP contribution in [0.15, 0.2) is 60.7 Å². The average molecular weight is 338 g/mol. The minimum absolute atomic E-state index is 0.0220. The quantitative estimate of drug-likeness (QED) is 0.841. The number of amides is 2. The zero-order valence-corrected chi connectivity index (χ0v) is 15.1. The summed E-state index contributed by atoms with van der Waals surface area (Å²) in [7, 11) is 0. The van der Waals surface area contributed by atoms with Gasteiger partial charge in [0, 0.05) is 19.0 Å². The molecule has 2 rings (SSSR count). The number of rotatable bonds is 7. The molecule has 0 saturated carbocycles. The third-order valence-corrected chi connectivity index (χ3v) is 4.13. The second-order valence-corrected chi connectivity index (χ2v) is 6.49. The van der Waals surface area contributed by atoms with Gasteiger partial charge in [-0.05, 0) is 18.1 Å². The van der Waals surface area contributed by atoms with Crippen molar-refractivity contribution in [2.75, 3.05) is 0 Å². The van der Waals surface area contributed by atoms with Crippen molar-refractivity contribution in [1.29, 1.82) is 0 Å². The predicted molar refractivity (Wildman–Crippen MR) is 99.6 cm³/mol. The van der Waals surface area contributed by atoms with Crippen LogP contribution in [0.4, 0.5) is 0 Å². The Balaban J connectivity index is 2.06. The van der Waals surface area contributed by atoms with Gasteiger partial charge in [0.05, 0.1) is 0 Å². The van der Waals surface area contributed by atoms with Gasteiger partial charge in [-0.15, -0.1) is 0 Å². The van der Waals surface area contributed by atoms with Crippen LogP contribution in [-0.2, 0) is 22.7 Å². The summed E-state index contributed by atoms with van der Waals surface area (Å²) < 4.78 is 0. The lowest BCUT2D eigenvalue weighted by Gasteiger charge is -2.30. The van der Waals surface area contributed by atoms with Crippen molar-refractivity contribution in [1.82, 2.24) is 10.2 Å². The van der Waals surface area contributed by atoms with E-state index in [2.05, 4.69) is 5.32 Å². The van der Waals surface area contributed by atoms with Gasteiger partial charge in [-0.25, -0.2) is 0 Å². The normalized spacial score (nSPS) is 11.8. The summed E-state index contributed by atoms with van der Waals surface area (Å²) in [6.07, 6.45) is 0. The van der Waals surface area contributed by atoms with Crippen LogP contribution >= 0.6 is 0 Å². The molecule has 0 aromatic heterocycles. The first kappa shape index (κ1) is 18.7. The minimum Gasteiger partial charge on any atom is -0.350 e. The number of carbonyl (C=O) groups is 2. The summed E-state index contributed by atoms with van der Waals surface area (Å²) in [4.78, 5) is 26.8. The average Bonchev–Trinajstić information content (AvgIpc) is 2.64. The molecule has 0 aliphatic carbocycles. The van der Waals surface area contributed by atoms with Crippen molar-refractivity contribution in [2.45, 2.75) is 39.9 Å². The molecule has 0 heterocycles. The van der Waals surface area contributed by atoms with E-state index in [9.17, 15) is 9.59 Å². The van der Waals surface area contributed by atoms with Gasteiger partial charge in [-0.1, -0.05) is 74.5 Å². The molecule has 0 saturated heterocycles. The molecule has 0 aliphatic rings. The van der Waals surface area contributed by atoms with Crippen molar-refractivity contribution in [2.24, 2.45) is 5.92 Å². The van der Waals surface area contributed by atoms with Gasteiger partial charge in [0.1, 0.15) is 6.04 Å². The molecule has 4 heteroatoms. The number of hydrogen-bond acceptors (Lipinski definition) is 2. The van der Waals surface area contributed by atoms with E-state index in [4.69, 9.17) is 0 Å². The standard InChI is InChI=1S/C21H26N2O2/c1-16(2)21(25)23(15-19-12-8-5-9-13-19)17(3)20(24)22-14-18-10-6-4-7-11-18/h4-13,16-17H,14-15H2,1-3H3,(H,22,24)/t17-/m0/s1. The maximum absolute atomic E-state index is 12.6. The fourth-order valence-corrected chi connectivity index (χ4v) is 2.59. The van der Waals surface area contributed by atoms with E-state index in [0.29, 0.717) is 13.1 Å². The van der Waals surface area contributed by atoms with Crippen LogP contribution < -0.4 is 5.32 Å². The van der Waals surface area contributed by atoms with Gasteiger partial charge >= 0.3 is 0 Å². The second-order valence-electron chi connectivity index (χ2n) is 6.49. The van der Waals surface area contributed by atoms with E-state index in [-0.39, 0.29) is 17.7 Å². The summed E-state index contributed by atoms with van der Waals surface area (Å²) in [5, 5.41) is 2.93. The molecular formula is C21H26N2O2. The van der Waals surface area contributed by atoms with Crippen LogP contribution in [0.3, 0.4) is 0 Å². The number of benzene rings is 2. The Hall–Kier alpha value is -2.62. The Bertz CT molecular complexity index is 684. The lowest BCUT2D eigenvalue weighted by Crippen LogP contribution is -2.48. The van der Waals surface area contributed by atoms with Crippen molar-refractivity contribution in [3.05, 3.63) is 71.8 Å². The highest BCUT2D eigenvalue weighted by Crippen LogP contribution is 2.13. The molecule has 2 aromatic rings. The zero-order valence-electron chi connectivity index (χ0n) is 15.1. The smallest absolute Gasteiger partial charge is 0.242 e. The first-order chi connectivity index (χ1) is 12.0. The summed E-state index contributed by atoms with van der Waals surface area (Å²) in [5.74, 6) is -0.326. The Morgan fingerprint density at radius 1 is 0.880 bits per heavy atom. The van der Waals surface area contributed by atoms with E-state index in [1.807, 2.05) is 74.5 Å². The monoisotopic (exact) mass is 338 g/mol. The summed E-state index contributed by atoms with van der Waals surface area (Å²) in [6, 6.07) is 19.0. The molecule has 0 fully saturated rings. The van der Waals surface area contributed by atoms with Crippen LogP contribution in [0.1, 0.15) is 31.9 Å².